The standard InChI is InChI=1S/C19H24N4O2/c1-3-4-9-17-19(25)21(2)13-14-22(17)18(24)15-8-5-6-10-16(15)23-12-7-11-20-23/h5-8,10-12,17H,3-4,9,13-14H2,1-2H3/t17-/m0/s1. The quantitative estimate of drug-likeness (QED) is 0.839. The highest BCUT2D eigenvalue weighted by molar-refractivity contribution is 6.00. The third-order valence-electron chi connectivity index (χ3n) is 4.69. The average Bonchev–Trinajstić information content (AvgIpc) is 3.17. The van der Waals surface area contributed by atoms with Crippen molar-refractivity contribution >= 4 is 11.8 Å². The Morgan fingerprint density at radius 1 is 1.24 bits per heavy atom. The summed E-state index contributed by atoms with van der Waals surface area (Å²) in [4.78, 5) is 29.3. The van der Waals surface area contributed by atoms with Crippen molar-refractivity contribution in [3.8, 4) is 5.69 Å². The van der Waals surface area contributed by atoms with Crippen LogP contribution in [0.3, 0.4) is 0 Å². The van der Waals surface area contributed by atoms with Crippen LogP contribution in [-0.4, -0.2) is 57.6 Å². The van der Waals surface area contributed by atoms with Crippen LogP contribution in [0.15, 0.2) is 42.7 Å². The number of hydrogen-bond donors (Lipinski definition) is 0. The maximum Gasteiger partial charge on any atom is 0.256 e. The van der Waals surface area contributed by atoms with Crippen LogP contribution in [0, 0.1) is 0 Å². The number of likely N-dealkylation sites (N-methyl/N-ethyl adjacent to an activating group) is 1. The van der Waals surface area contributed by atoms with Crippen LogP contribution in [0.25, 0.3) is 5.69 Å². The summed E-state index contributed by atoms with van der Waals surface area (Å²) in [5.41, 5.74) is 1.31. The van der Waals surface area contributed by atoms with Gasteiger partial charge < -0.3 is 9.80 Å². The van der Waals surface area contributed by atoms with Crippen molar-refractivity contribution in [2.75, 3.05) is 20.1 Å². The number of piperazine rings is 1. The molecule has 2 amide bonds. The third kappa shape index (κ3) is 3.43. The molecule has 1 atom stereocenters. The smallest absolute Gasteiger partial charge is 0.256 e. The van der Waals surface area contributed by atoms with Crippen LogP contribution in [0.5, 0.6) is 0 Å². The van der Waals surface area contributed by atoms with Crippen molar-refractivity contribution in [3.63, 3.8) is 0 Å². The molecule has 2 heterocycles. The Labute approximate surface area is 148 Å². The van der Waals surface area contributed by atoms with Crippen molar-refractivity contribution in [3.05, 3.63) is 48.3 Å². The molecule has 0 saturated carbocycles. The average molecular weight is 340 g/mol. The molecule has 6 nitrogen and oxygen atoms in total. The fourth-order valence-corrected chi connectivity index (χ4v) is 3.25. The van der Waals surface area contributed by atoms with E-state index >= 15 is 0 Å². The third-order valence-corrected chi connectivity index (χ3v) is 4.69. The normalized spacial score (nSPS) is 17.8. The summed E-state index contributed by atoms with van der Waals surface area (Å²) in [5.74, 6) is -0.0710. The number of nitrogens with zero attached hydrogens (tertiary/aromatic N) is 4. The lowest BCUT2D eigenvalue weighted by Crippen LogP contribution is -2.57. The van der Waals surface area contributed by atoms with E-state index in [2.05, 4.69) is 12.0 Å². The fraction of sp³-hybridized carbons (Fsp3) is 0.421. The Balaban J connectivity index is 1.93. The van der Waals surface area contributed by atoms with Gasteiger partial charge in [-0.05, 0) is 24.6 Å². The van der Waals surface area contributed by atoms with Gasteiger partial charge in [-0.15, -0.1) is 0 Å². The number of para-hydroxylation sites is 1. The Bertz CT molecular complexity index is 742. The lowest BCUT2D eigenvalue weighted by molar-refractivity contribution is -0.138. The number of rotatable bonds is 5. The van der Waals surface area contributed by atoms with Gasteiger partial charge in [0, 0.05) is 32.5 Å². The molecule has 2 aromatic rings. The minimum Gasteiger partial charge on any atom is -0.342 e. The van der Waals surface area contributed by atoms with E-state index in [4.69, 9.17) is 0 Å². The molecule has 0 radical (unpaired) electrons. The Morgan fingerprint density at radius 2 is 2.04 bits per heavy atom. The molecule has 1 aliphatic rings. The monoisotopic (exact) mass is 340 g/mol. The Morgan fingerprint density at radius 3 is 2.76 bits per heavy atom. The minimum absolute atomic E-state index is 0.0321. The predicted octanol–water partition coefficient (Wildman–Crippen LogP) is 2.35. The molecule has 6 heteroatoms. The first-order chi connectivity index (χ1) is 12.1. The van der Waals surface area contributed by atoms with Gasteiger partial charge in [0.05, 0.1) is 11.3 Å². The summed E-state index contributed by atoms with van der Waals surface area (Å²) in [6.07, 6.45) is 6.13. The maximum atomic E-state index is 13.3. The number of unbranched alkanes of at least 4 members (excludes halogenated alkanes) is 1. The van der Waals surface area contributed by atoms with Crippen LogP contribution in [0.4, 0.5) is 0 Å². The number of aromatic nitrogens is 2. The van der Waals surface area contributed by atoms with Gasteiger partial charge >= 0.3 is 0 Å². The molecular formula is C19H24N4O2. The van der Waals surface area contributed by atoms with Crippen molar-refractivity contribution in [1.82, 2.24) is 19.6 Å². The molecule has 1 aromatic carbocycles. The van der Waals surface area contributed by atoms with Crippen LogP contribution in [0.1, 0.15) is 36.5 Å². The molecule has 0 bridgehead atoms. The topological polar surface area (TPSA) is 58.4 Å². The van der Waals surface area contributed by atoms with Crippen LogP contribution in [0.2, 0.25) is 0 Å². The lowest BCUT2D eigenvalue weighted by atomic mass is 10.0. The van der Waals surface area contributed by atoms with Crippen molar-refractivity contribution < 1.29 is 9.59 Å². The molecule has 0 spiro atoms. The molecule has 0 N–H and O–H groups in total. The van der Waals surface area contributed by atoms with E-state index in [1.54, 1.807) is 33.8 Å². The van der Waals surface area contributed by atoms with Gasteiger partial charge in [-0.2, -0.15) is 5.10 Å². The van der Waals surface area contributed by atoms with Crippen molar-refractivity contribution in [1.29, 1.82) is 0 Å². The fourth-order valence-electron chi connectivity index (χ4n) is 3.25. The summed E-state index contributed by atoms with van der Waals surface area (Å²) >= 11 is 0. The number of amides is 2. The molecule has 1 saturated heterocycles. The molecule has 25 heavy (non-hydrogen) atoms. The van der Waals surface area contributed by atoms with E-state index in [-0.39, 0.29) is 17.9 Å². The van der Waals surface area contributed by atoms with Crippen molar-refractivity contribution in [2.24, 2.45) is 0 Å². The highest BCUT2D eigenvalue weighted by Crippen LogP contribution is 2.22. The first-order valence-corrected chi connectivity index (χ1v) is 8.78. The zero-order valence-electron chi connectivity index (χ0n) is 14.8. The van der Waals surface area contributed by atoms with Crippen LogP contribution in [-0.2, 0) is 4.79 Å². The van der Waals surface area contributed by atoms with Gasteiger partial charge in [0.15, 0.2) is 0 Å². The number of carbonyl (C=O) groups excluding carboxylic acids is 2. The summed E-state index contributed by atoms with van der Waals surface area (Å²) < 4.78 is 1.69. The minimum atomic E-state index is -0.378. The highest BCUT2D eigenvalue weighted by Gasteiger charge is 2.36. The molecule has 0 unspecified atom stereocenters. The number of carbonyl (C=O) groups is 2. The second kappa shape index (κ2) is 7.51. The Kier molecular flexibility index (Phi) is 5.16. The molecule has 132 valence electrons. The number of hydrogen-bond acceptors (Lipinski definition) is 3. The van der Waals surface area contributed by atoms with Gasteiger partial charge in [0.2, 0.25) is 5.91 Å². The molecule has 3 rings (SSSR count). The van der Waals surface area contributed by atoms with Gasteiger partial charge in [-0.1, -0.05) is 31.9 Å². The summed E-state index contributed by atoms with van der Waals surface area (Å²) in [6.45, 7) is 3.22. The molecular weight excluding hydrogens is 316 g/mol. The SMILES string of the molecule is CCCC[C@H]1C(=O)N(C)CCN1C(=O)c1ccccc1-n1cccn1. The van der Waals surface area contributed by atoms with E-state index in [9.17, 15) is 9.59 Å². The van der Waals surface area contributed by atoms with Gasteiger partial charge in [-0.25, -0.2) is 4.68 Å². The van der Waals surface area contributed by atoms with Gasteiger partial charge in [-0.3, -0.25) is 9.59 Å². The van der Waals surface area contributed by atoms with E-state index in [0.717, 1.165) is 18.5 Å². The first kappa shape index (κ1) is 17.2. The summed E-state index contributed by atoms with van der Waals surface area (Å²) in [7, 11) is 1.81. The van der Waals surface area contributed by atoms with Crippen LogP contribution >= 0.6 is 0 Å². The molecule has 1 aromatic heterocycles. The zero-order valence-corrected chi connectivity index (χ0v) is 14.8. The summed E-state index contributed by atoms with van der Waals surface area (Å²) in [6, 6.07) is 8.86. The predicted molar refractivity (Wildman–Crippen MR) is 95.6 cm³/mol. The maximum absolute atomic E-state index is 13.3. The largest absolute Gasteiger partial charge is 0.342 e. The molecule has 1 fully saturated rings. The lowest BCUT2D eigenvalue weighted by Gasteiger charge is -2.39. The first-order valence-electron chi connectivity index (χ1n) is 8.78. The second-order valence-electron chi connectivity index (χ2n) is 6.38. The van der Waals surface area contributed by atoms with Gasteiger partial charge in [0.1, 0.15) is 6.04 Å². The van der Waals surface area contributed by atoms with E-state index in [1.807, 2.05) is 30.5 Å². The van der Waals surface area contributed by atoms with Crippen LogP contribution < -0.4 is 0 Å². The molecule has 1 aliphatic heterocycles. The highest BCUT2D eigenvalue weighted by atomic mass is 16.2. The van der Waals surface area contributed by atoms with E-state index in [1.165, 1.54) is 0 Å². The second-order valence-corrected chi connectivity index (χ2v) is 6.38. The van der Waals surface area contributed by atoms with E-state index in [0.29, 0.717) is 25.1 Å². The zero-order chi connectivity index (χ0) is 17.8. The summed E-state index contributed by atoms with van der Waals surface area (Å²) in [5, 5.41) is 4.24. The van der Waals surface area contributed by atoms with E-state index < -0.39 is 0 Å². The number of benzene rings is 1. The van der Waals surface area contributed by atoms with Gasteiger partial charge in [0.25, 0.3) is 5.91 Å². The Hall–Kier alpha value is -2.63. The molecule has 0 aliphatic carbocycles. The van der Waals surface area contributed by atoms with Crippen molar-refractivity contribution in [2.45, 2.75) is 32.2 Å².